The summed E-state index contributed by atoms with van der Waals surface area (Å²) >= 11 is 17.8. The molecule has 4 rings (SSSR count). The molecule has 4 nitrogen and oxygen atoms in total. The number of rotatable bonds is 2. The number of aromatic nitrogens is 2. The van der Waals surface area contributed by atoms with Gasteiger partial charge in [0.25, 0.3) is 5.56 Å². The summed E-state index contributed by atoms with van der Waals surface area (Å²) in [6.07, 6.45) is 1.42. The molecule has 0 saturated carbocycles. The number of hydrogen-bond donors (Lipinski definition) is 0. The van der Waals surface area contributed by atoms with Crippen molar-refractivity contribution in [1.82, 2.24) is 9.13 Å². The van der Waals surface area contributed by atoms with E-state index in [1.807, 2.05) is 19.1 Å². The van der Waals surface area contributed by atoms with Gasteiger partial charge >= 0.3 is 0 Å². The molecule has 0 saturated heterocycles. The number of hydrogen-bond acceptors (Lipinski definition) is 3. The van der Waals surface area contributed by atoms with Gasteiger partial charge in [-0.05, 0) is 80.5 Å². The van der Waals surface area contributed by atoms with Gasteiger partial charge in [-0.15, -0.1) is 0 Å². The second-order valence-corrected chi connectivity index (χ2v) is 7.70. The van der Waals surface area contributed by atoms with Crippen molar-refractivity contribution in [3.05, 3.63) is 79.3 Å². The predicted octanol–water partition coefficient (Wildman–Crippen LogP) is 5.38. The normalized spacial score (nSPS) is 15.9. The minimum atomic E-state index is -0.158. The Morgan fingerprint density at radius 1 is 0.963 bits per heavy atom. The Bertz CT molecular complexity index is 1120. The molecular weight excluding hydrogens is 403 g/mol. The molecule has 0 N–H and O–H groups in total. The molecule has 0 bridgehead atoms. The quantitative estimate of drug-likeness (QED) is 0.524. The molecule has 1 aliphatic rings. The van der Waals surface area contributed by atoms with Crippen molar-refractivity contribution in [1.29, 1.82) is 0 Å². The standard InChI is InChI=1S/C20H16Cl2N2O2S/c1-12-2-11-17-18(25)23(15-7-3-13(21)4-8-15)20(27)24(19(17)26-12)16-9-5-14(22)6-10-16/h3-10,12H,2,11H2,1H3. The van der Waals surface area contributed by atoms with Crippen molar-refractivity contribution < 1.29 is 4.74 Å². The first kappa shape index (κ1) is 18.3. The second-order valence-electron chi connectivity index (χ2n) is 6.46. The lowest BCUT2D eigenvalue weighted by Crippen LogP contribution is -2.33. The van der Waals surface area contributed by atoms with Gasteiger partial charge in [-0.3, -0.25) is 13.9 Å². The Labute approximate surface area is 171 Å². The van der Waals surface area contributed by atoms with Crippen molar-refractivity contribution in [2.45, 2.75) is 25.9 Å². The zero-order valence-corrected chi connectivity index (χ0v) is 16.8. The SMILES string of the molecule is CC1CCc2c(n(-c3ccc(Cl)cc3)c(=S)n(-c3ccc(Cl)cc3)c2=O)O1. The zero-order chi connectivity index (χ0) is 19.1. The van der Waals surface area contributed by atoms with Crippen LogP contribution in [0.3, 0.4) is 0 Å². The van der Waals surface area contributed by atoms with E-state index in [-0.39, 0.29) is 11.7 Å². The third-order valence-corrected chi connectivity index (χ3v) is 5.46. The van der Waals surface area contributed by atoms with Gasteiger partial charge in [0.1, 0.15) is 0 Å². The molecule has 3 aromatic rings. The van der Waals surface area contributed by atoms with Crippen molar-refractivity contribution in [2.24, 2.45) is 0 Å². The Kier molecular flexibility index (Phi) is 4.84. The minimum Gasteiger partial charge on any atom is -0.475 e. The van der Waals surface area contributed by atoms with E-state index in [0.29, 0.717) is 38.4 Å². The smallest absolute Gasteiger partial charge is 0.265 e. The van der Waals surface area contributed by atoms with Crippen molar-refractivity contribution in [3.8, 4) is 17.3 Å². The summed E-state index contributed by atoms with van der Waals surface area (Å²) in [6, 6.07) is 14.3. The predicted molar refractivity (Wildman–Crippen MR) is 111 cm³/mol. The average Bonchev–Trinajstić information content (AvgIpc) is 2.65. The fraction of sp³-hybridized carbons (Fsp3) is 0.200. The van der Waals surface area contributed by atoms with E-state index in [1.54, 1.807) is 41.0 Å². The van der Waals surface area contributed by atoms with Gasteiger partial charge in [0.15, 0.2) is 4.77 Å². The van der Waals surface area contributed by atoms with Crippen molar-refractivity contribution in [2.75, 3.05) is 0 Å². The van der Waals surface area contributed by atoms with Crippen LogP contribution in [0.4, 0.5) is 0 Å². The third kappa shape index (κ3) is 3.31. The highest BCUT2D eigenvalue weighted by Gasteiger charge is 2.26. The van der Waals surface area contributed by atoms with E-state index in [0.717, 1.165) is 12.1 Å². The van der Waals surface area contributed by atoms with E-state index in [1.165, 1.54) is 4.57 Å². The summed E-state index contributed by atoms with van der Waals surface area (Å²) in [4.78, 5) is 13.2. The molecule has 2 heterocycles. The Morgan fingerprint density at radius 2 is 1.48 bits per heavy atom. The van der Waals surface area contributed by atoms with Crippen LogP contribution in [0.5, 0.6) is 5.88 Å². The molecular formula is C20H16Cl2N2O2S. The van der Waals surface area contributed by atoms with Crippen LogP contribution >= 0.6 is 35.4 Å². The minimum absolute atomic E-state index is 0.0104. The van der Waals surface area contributed by atoms with E-state index in [9.17, 15) is 4.79 Å². The van der Waals surface area contributed by atoms with Gasteiger partial charge in [0.2, 0.25) is 5.88 Å². The molecule has 0 amide bonds. The molecule has 7 heteroatoms. The molecule has 138 valence electrons. The Morgan fingerprint density at radius 3 is 2.04 bits per heavy atom. The van der Waals surface area contributed by atoms with Crippen LogP contribution in [0.1, 0.15) is 18.9 Å². The first-order valence-corrected chi connectivity index (χ1v) is 9.71. The highest BCUT2D eigenvalue weighted by atomic mass is 35.5. The van der Waals surface area contributed by atoms with Crippen molar-refractivity contribution in [3.63, 3.8) is 0 Å². The molecule has 0 fully saturated rings. The molecule has 0 radical (unpaired) electrons. The van der Waals surface area contributed by atoms with E-state index in [4.69, 9.17) is 40.2 Å². The molecule has 2 aromatic carbocycles. The maximum atomic E-state index is 13.2. The maximum absolute atomic E-state index is 13.2. The lowest BCUT2D eigenvalue weighted by Gasteiger charge is -2.27. The summed E-state index contributed by atoms with van der Waals surface area (Å²) in [6.45, 7) is 1.99. The van der Waals surface area contributed by atoms with Crippen LogP contribution in [-0.4, -0.2) is 15.2 Å². The molecule has 1 unspecified atom stereocenters. The second kappa shape index (κ2) is 7.15. The van der Waals surface area contributed by atoms with Crippen LogP contribution in [0.2, 0.25) is 10.0 Å². The molecule has 1 atom stereocenters. The van der Waals surface area contributed by atoms with Crippen LogP contribution < -0.4 is 10.3 Å². The van der Waals surface area contributed by atoms with Gasteiger partial charge in [0, 0.05) is 10.0 Å². The topological polar surface area (TPSA) is 36.2 Å². The van der Waals surface area contributed by atoms with Gasteiger partial charge in [-0.1, -0.05) is 23.2 Å². The summed E-state index contributed by atoms with van der Waals surface area (Å²) in [5.74, 6) is 0.510. The highest BCUT2D eigenvalue weighted by molar-refractivity contribution is 7.71. The first-order valence-electron chi connectivity index (χ1n) is 8.55. The van der Waals surface area contributed by atoms with Crippen LogP contribution in [-0.2, 0) is 6.42 Å². The lowest BCUT2D eigenvalue weighted by molar-refractivity contribution is 0.176. The number of fused-ring (bicyclic) bond motifs is 1. The van der Waals surface area contributed by atoms with Crippen LogP contribution in [0.15, 0.2) is 53.3 Å². The Balaban J connectivity index is 2.06. The largest absolute Gasteiger partial charge is 0.475 e. The number of nitrogens with zero attached hydrogens (tertiary/aromatic N) is 2. The summed E-state index contributed by atoms with van der Waals surface area (Å²) in [7, 11) is 0. The van der Waals surface area contributed by atoms with Crippen molar-refractivity contribution >= 4 is 35.4 Å². The maximum Gasteiger partial charge on any atom is 0.265 e. The van der Waals surface area contributed by atoms with E-state index >= 15 is 0 Å². The molecule has 1 aromatic heterocycles. The molecule has 0 aliphatic carbocycles. The third-order valence-electron chi connectivity index (χ3n) is 4.59. The van der Waals surface area contributed by atoms with E-state index < -0.39 is 0 Å². The number of halogens is 2. The fourth-order valence-electron chi connectivity index (χ4n) is 3.21. The lowest BCUT2D eigenvalue weighted by atomic mass is 10.1. The molecule has 0 spiro atoms. The summed E-state index contributed by atoms with van der Waals surface area (Å²) < 4.78 is 9.70. The Hall–Kier alpha value is -2.08. The monoisotopic (exact) mass is 418 g/mol. The highest BCUT2D eigenvalue weighted by Crippen LogP contribution is 2.30. The van der Waals surface area contributed by atoms with Crippen LogP contribution in [0, 0.1) is 4.77 Å². The van der Waals surface area contributed by atoms with E-state index in [2.05, 4.69) is 0 Å². The number of ether oxygens (including phenoxy) is 1. The fourth-order valence-corrected chi connectivity index (χ4v) is 3.83. The summed E-state index contributed by atoms with van der Waals surface area (Å²) in [5, 5.41) is 1.22. The van der Waals surface area contributed by atoms with Gasteiger partial charge in [-0.2, -0.15) is 0 Å². The van der Waals surface area contributed by atoms with Crippen LogP contribution in [0.25, 0.3) is 11.4 Å². The number of benzene rings is 2. The van der Waals surface area contributed by atoms with Gasteiger partial charge in [0.05, 0.1) is 23.0 Å². The molecule has 1 aliphatic heterocycles. The summed E-state index contributed by atoms with van der Waals surface area (Å²) in [5.41, 5.74) is 1.91. The zero-order valence-electron chi connectivity index (χ0n) is 14.5. The first-order chi connectivity index (χ1) is 13.0. The molecule has 27 heavy (non-hydrogen) atoms. The van der Waals surface area contributed by atoms with Gasteiger partial charge < -0.3 is 4.74 Å². The average molecular weight is 419 g/mol. The van der Waals surface area contributed by atoms with Gasteiger partial charge in [-0.25, -0.2) is 0 Å².